The topological polar surface area (TPSA) is 66.6 Å². The number of nitriles is 1. The van der Waals surface area contributed by atoms with Crippen molar-refractivity contribution >= 4 is 62.0 Å². The lowest BCUT2D eigenvalue weighted by molar-refractivity contribution is 0.103. The number of hydrogen-bond acceptors (Lipinski definition) is 4. The minimum absolute atomic E-state index is 0.176. The average molecular weight is 539 g/mol. The molecule has 3 aromatic rings. The summed E-state index contributed by atoms with van der Waals surface area (Å²) in [5, 5.41) is 9.45. The molecule has 24 heavy (non-hydrogen) atoms. The minimum atomic E-state index is -0.176. The number of hydrogen-bond donors (Lipinski definition) is 0. The Morgan fingerprint density at radius 3 is 2.12 bits per heavy atom. The summed E-state index contributed by atoms with van der Waals surface area (Å²) >= 11 is 4.51. The molecule has 0 N–H and O–H groups in total. The first kappa shape index (κ1) is 17.2. The van der Waals surface area contributed by atoms with Gasteiger partial charge in [0.25, 0.3) is 0 Å². The summed E-state index contributed by atoms with van der Waals surface area (Å²) in [5.74, 6) is -0.176. The zero-order valence-electron chi connectivity index (χ0n) is 12.5. The lowest BCUT2D eigenvalue weighted by atomic mass is 9.98. The number of rotatable bonds is 4. The van der Waals surface area contributed by atoms with Gasteiger partial charge in [0.1, 0.15) is 0 Å². The molecule has 6 heteroatoms. The Kier molecular flexibility index (Phi) is 5.40. The van der Waals surface area contributed by atoms with Gasteiger partial charge < -0.3 is 0 Å². The highest BCUT2D eigenvalue weighted by Gasteiger charge is 2.17. The summed E-state index contributed by atoms with van der Waals surface area (Å²) in [4.78, 5) is 22.0. The molecular formula is C18H11I2N3O. The van der Waals surface area contributed by atoms with Gasteiger partial charge in [0.05, 0.1) is 34.1 Å². The summed E-state index contributed by atoms with van der Waals surface area (Å²) in [6.07, 6.45) is 0. The third kappa shape index (κ3) is 3.28. The first-order chi connectivity index (χ1) is 11.7. The van der Waals surface area contributed by atoms with E-state index in [1.807, 2.05) is 6.07 Å². The van der Waals surface area contributed by atoms with Crippen LogP contribution in [0.5, 0.6) is 0 Å². The summed E-state index contributed by atoms with van der Waals surface area (Å²) in [6.45, 7) is 0. The zero-order valence-corrected chi connectivity index (χ0v) is 16.8. The maximum absolute atomic E-state index is 12.7. The first-order valence-corrected chi connectivity index (χ1v) is 10.2. The van der Waals surface area contributed by atoms with Gasteiger partial charge in [-0.05, 0) is 12.1 Å². The SMILES string of the molecule is N#Cc1cc2nc(CI)c(CI)nc2cc1C(=O)c1ccccc1. The van der Waals surface area contributed by atoms with E-state index in [0.717, 1.165) is 20.2 Å². The predicted octanol–water partition coefficient (Wildman–Crippen LogP) is 4.60. The van der Waals surface area contributed by atoms with Gasteiger partial charge in [-0.2, -0.15) is 5.26 Å². The van der Waals surface area contributed by atoms with Crippen molar-refractivity contribution in [3.63, 3.8) is 0 Å². The molecule has 0 saturated carbocycles. The van der Waals surface area contributed by atoms with Crippen LogP contribution in [0.2, 0.25) is 0 Å². The average Bonchev–Trinajstić information content (AvgIpc) is 2.65. The Bertz CT molecular complexity index is 965. The second kappa shape index (κ2) is 7.53. The molecule has 1 heterocycles. The molecule has 0 atom stereocenters. The van der Waals surface area contributed by atoms with E-state index < -0.39 is 0 Å². The van der Waals surface area contributed by atoms with E-state index in [2.05, 4.69) is 61.2 Å². The van der Waals surface area contributed by atoms with Gasteiger partial charge >= 0.3 is 0 Å². The van der Waals surface area contributed by atoms with E-state index in [1.54, 1.807) is 36.4 Å². The van der Waals surface area contributed by atoms with E-state index >= 15 is 0 Å². The molecule has 0 spiro atoms. The van der Waals surface area contributed by atoms with Crippen molar-refractivity contribution in [1.82, 2.24) is 9.97 Å². The molecule has 118 valence electrons. The molecule has 0 bridgehead atoms. The van der Waals surface area contributed by atoms with Crippen LogP contribution < -0.4 is 0 Å². The Hall–Kier alpha value is -1.60. The highest BCUT2D eigenvalue weighted by Crippen LogP contribution is 2.23. The number of nitrogens with zero attached hydrogens (tertiary/aromatic N) is 3. The second-order valence-corrected chi connectivity index (χ2v) is 6.60. The molecule has 0 saturated heterocycles. The van der Waals surface area contributed by atoms with Crippen molar-refractivity contribution in [2.45, 2.75) is 8.86 Å². The van der Waals surface area contributed by atoms with Crippen molar-refractivity contribution in [3.8, 4) is 6.07 Å². The van der Waals surface area contributed by atoms with E-state index in [0.29, 0.717) is 27.7 Å². The highest BCUT2D eigenvalue weighted by atomic mass is 127. The molecule has 0 radical (unpaired) electrons. The summed E-state index contributed by atoms with van der Waals surface area (Å²) in [5.41, 5.74) is 4.38. The molecule has 1 aromatic heterocycles. The Morgan fingerprint density at radius 2 is 1.58 bits per heavy atom. The van der Waals surface area contributed by atoms with Crippen LogP contribution in [0.4, 0.5) is 0 Å². The molecule has 0 aliphatic carbocycles. The van der Waals surface area contributed by atoms with E-state index in [4.69, 9.17) is 0 Å². The summed E-state index contributed by atoms with van der Waals surface area (Å²) in [6, 6.07) is 14.4. The standard InChI is InChI=1S/C18H11I2N3O/c19-8-16-17(9-20)23-15-7-13(12(10-21)6-14(15)22-16)18(24)11-4-2-1-3-5-11/h1-7H,8-9H2. The van der Waals surface area contributed by atoms with Crippen molar-refractivity contribution in [3.05, 3.63) is 70.5 Å². The molecule has 0 aliphatic rings. The number of alkyl halides is 2. The smallest absolute Gasteiger partial charge is 0.194 e. The third-order valence-corrected chi connectivity index (χ3v) is 5.06. The zero-order chi connectivity index (χ0) is 17.1. The van der Waals surface area contributed by atoms with Gasteiger partial charge in [0.15, 0.2) is 5.78 Å². The molecule has 4 nitrogen and oxygen atoms in total. The van der Waals surface area contributed by atoms with Gasteiger partial charge in [0.2, 0.25) is 0 Å². The number of ketones is 1. The minimum Gasteiger partial charge on any atom is -0.289 e. The molecule has 3 rings (SSSR count). The van der Waals surface area contributed by atoms with Crippen molar-refractivity contribution in [2.24, 2.45) is 0 Å². The van der Waals surface area contributed by atoms with Crippen LogP contribution in [0.15, 0.2) is 42.5 Å². The highest BCUT2D eigenvalue weighted by molar-refractivity contribution is 14.1. The van der Waals surface area contributed by atoms with Crippen molar-refractivity contribution in [1.29, 1.82) is 5.26 Å². The van der Waals surface area contributed by atoms with E-state index in [1.165, 1.54) is 0 Å². The van der Waals surface area contributed by atoms with Crippen LogP contribution in [0.3, 0.4) is 0 Å². The number of carbonyl (C=O) groups is 1. The Balaban J connectivity index is 2.21. The van der Waals surface area contributed by atoms with Crippen LogP contribution >= 0.6 is 45.2 Å². The molecular weight excluding hydrogens is 528 g/mol. The molecule has 2 aromatic carbocycles. The fraction of sp³-hybridized carbons (Fsp3) is 0.111. The third-order valence-electron chi connectivity index (χ3n) is 3.61. The van der Waals surface area contributed by atoms with E-state index in [9.17, 15) is 10.1 Å². The van der Waals surface area contributed by atoms with Gasteiger partial charge in [-0.15, -0.1) is 0 Å². The number of fused-ring (bicyclic) bond motifs is 1. The van der Waals surface area contributed by atoms with Gasteiger partial charge in [0, 0.05) is 20.0 Å². The van der Waals surface area contributed by atoms with Crippen LogP contribution in [0.1, 0.15) is 32.9 Å². The van der Waals surface area contributed by atoms with Crippen LogP contribution in [0, 0.1) is 11.3 Å². The lowest BCUT2D eigenvalue weighted by Gasteiger charge is -2.09. The monoisotopic (exact) mass is 539 g/mol. The normalized spacial score (nSPS) is 10.5. The van der Waals surface area contributed by atoms with Crippen LogP contribution in [0.25, 0.3) is 11.0 Å². The van der Waals surface area contributed by atoms with E-state index in [-0.39, 0.29) is 5.78 Å². The summed E-state index contributed by atoms with van der Waals surface area (Å²) < 4.78 is 1.51. The number of aromatic nitrogens is 2. The molecule has 0 unspecified atom stereocenters. The fourth-order valence-corrected chi connectivity index (χ4v) is 3.64. The lowest BCUT2D eigenvalue weighted by Crippen LogP contribution is -2.06. The maximum Gasteiger partial charge on any atom is 0.194 e. The largest absolute Gasteiger partial charge is 0.289 e. The Morgan fingerprint density at radius 1 is 1.00 bits per heavy atom. The molecule has 0 fully saturated rings. The second-order valence-electron chi connectivity index (χ2n) is 5.08. The van der Waals surface area contributed by atoms with Gasteiger partial charge in [-0.1, -0.05) is 75.5 Å². The van der Waals surface area contributed by atoms with Crippen LogP contribution in [-0.4, -0.2) is 15.8 Å². The summed E-state index contributed by atoms with van der Waals surface area (Å²) in [7, 11) is 0. The maximum atomic E-state index is 12.7. The number of benzene rings is 2. The van der Waals surface area contributed by atoms with Gasteiger partial charge in [-0.3, -0.25) is 4.79 Å². The van der Waals surface area contributed by atoms with Crippen molar-refractivity contribution < 1.29 is 4.79 Å². The number of halogens is 2. The van der Waals surface area contributed by atoms with Crippen LogP contribution in [-0.2, 0) is 8.86 Å². The number of carbonyl (C=O) groups excluding carboxylic acids is 1. The molecule has 0 amide bonds. The predicted molar refractivity (Wildman–Crippen MR) is 110 cm³/mol. The van der Waals surface area contributed by atoms with Crippen molar-refractivity contribution in [2.75, 3.05) is 0 Å². The Labute approximate surface area is 166 Å². The quantitative estimate of drug-likeness (QED) is 0.276. The van der Waals surface area contributed by atoms with Gasteiger partial charge in [-0.25, -0.2) is 9.97 Å². The fourth-order valence-electron chi connectivity index (χ4n) is 2.42. The first-order valence-electron chi connectivity index (χ1n) is 7.13. The molecule has 0 aliphatic heterocycles.